The van der Waals surface area contributed by atoms with Gasteiger partial charge >= 0.3 is 6.09 Å². The van der Waals surface area contributed by atoms with Gasteiger partial charge in [0.05, 0.1) is 6.54 Å². The maximum absolute atomic E-state index is 12.1. The second-order valence-electron chi connectivity index (χ2n) is 6.83. The number of likely N-dealkylation sites (tertiary alicyclic amines) is 1. The van der Waals surface area contributed by atoms with Crippen molar-refractivity contribution >= 4 is 12.0 Å². The van der Waals surface area contributed by atoms with Gasteiger partial charge in [-0.1, -0.05) is 30.3 Å². The highest BCUT2D eigenvalue weighted by molar-refractivity contribution is 5.83. The summed E-state index contributed by atoms with van der Waals surface area (Å²) in [5.74, 6) is -0.0880. The van der Waals surface area contributed by atoms with E-state index in [4.69, 9.17) is 4.74 Å². The number of rotatable bonds is 7. The molecule has 6 nitrogen and oxygen atoms in total. The van der Waals surface area contributed by atoms with Gasteiger partial charge in [0, 0.05) is 12.6 Å². The minimum Gasteiger partial charge on any atom is -0.448 e. The van der Waals surface area contributed by atoms with Crippen molar-refractivity contribution in [2.24, 2.45) is 0 Å². The number of hydrogen-bond acceptors (Lipinski definition) is 4. The fourth-order valence-corrected chi connectivity index (χ4v) is 3.54. The summed E-state index contributed by atoms with van der Waals surface area (Å²) in [6.45, 7) is 4.03. The first-order chi connectivity index (χ1) is 12.2. The molecule has 2 fully saturated rings. The van der Waals surface area contributed by atoms with Gasteiger partial charge in [-0.25, -0.2) is 4.79 Å². The van der Waals surface area contributed by atoms with E-state index in [0.29, 0.717) is 13.2 Å². The molecule has 0 aromatic heterocycles. The highest BCUT2D eigenvalue weighted by Crippen LogP contribution is 2.12. The van der Waals surface area contributed by atoms with Gasteiger partial charge in [0.2, 0.25) is 5.91 Å². The number of piperidine rings is 1. The van der Waals surface area contributed by atoms with Crippen LogP contribution >= 0.6 is 0 Å². The van der Waals surface area contributed by atoms with Crippen molar-refractivity contribution in [3.8, 4) is 0 Å². The number of aryl methyl sites for hydroxylation is 1. The minimum absolute atomic E-state index is 0.0880. The molecule has 1 aromatic carbocycles. The van der Waals surface area contributed by atoms with Gasteiger partial charge in [-0.2, -0.15) is 0 Å². The predicted molar refractivity (Wildman–Crippen MR) is 95.3 cm³/mol. The van der Waals surface area contributed by atoms with Gasteiger partial charge in [-0.05, 0) is 44.3 Å². The Morgan fingerprint density at radius 1 is 1.24 bits per heavy atom. The van der Waals surface area contributed by atoms with Crippen LogP contribution in [0.2, 0.25) is 0 Å². The molecule has 3 rings (SSSR count). The zero-order chi connectivity index (χ0) is 17.5. The second kappa shape index (κ2) is 8.85. The van der Waals surface area contributed by atoms with E-state index in [1.807, 2.05) is 6.07 Å². The third-order valence-corrected chi connectivity index (χ3v) is 4.83. The molecule has 2 saturated heterocycles. The number of amides is 2. The number of benzene rings is 1. The Morgan fingerprint density at radius 2 is 2.08 bits per heavy atom. The third kappa shape index (κ3) is 5.46. The van der Waals surface area contributed by atoms with Crippen molar-refractivity contribution in [1.82, 2.24) is 15.1 Å². The minimum atomic E-state index is -0.388. The van der Waals surface area contributed by atoms with Gasteiger partial charge in [-0.3, -0.25) is 9.69 Å². The maximum atomic E-state index is 12.1. The van der Waals surface area contributed by atoms with E-state index in [2.05, 4.69) is 34.5 Å². The van der Waals surface area contributed by atoms with Crippen LogP contribution in [0.5, 0.6) is 0 Å². The van der Waals surface area contributed by atoms with E-state index < -0.39 is 0 Å². The van der Waals surface area contributed by atoms with E-state index in [-0.39, 0.29) is 24.6 Å². The highest BCUT2D eigenvalue weighted by Gasteiger charge is 2.26. The number of nitrogens with one attached hydrogen (secondary N) is 1. The lowest BCUT2D eigenvalue weighted by molar-refractivity contribution is -0.122. The van der Waals surface area contributed by atoms with Crippen LogP contribution in [-0.2, 0) is 16.0 Å². The molecule has 136 valence electrons. The topological polar surface area (TPSA) is 61.9 Å². The number of nitrogens with zero attached hydrogens (tertiary/aromatic N) is 2. The lowest BCUT2D eigenvalue weighted by atomic mass is 10.0. The Bertz CT molecular complexity index is 579. The molecule has 0 bridgehead atoms. The number of carbonyl (C=O) groups is 2. The van der Waals surface area contributed by atoms with Crippen molar-refractivity contribution in [3.05, 3.63) is 35.9 Å². The van der Waals surface area contributed by atoms with Crippen molar-refractivity contribution in [3.63, 3.8) is 0 Å². The molecule has 0 radical (unpaired) electrons. The average molecular weight is 345 g/mol. The molecule has 2 aliphatic rings. The molecule has 6 heteroatoms. The number of ether oxygens (including phenoxy) is 1. The first-order valence-corrected chi connectivity index (χ1v) is 9.18. The molecule has 0 aliphatic carbocycles. The largest absolute Gasteiger partial charge is 0.448 e. The zero-order valence-electron chi connectivity index (χ0n) is 14.7. The zero-order valence-corrected chi connectivity index (χ0v) is 14.7. The maximum Gasteiger partial charge on any atom is 0.410 e. The van der Waals surface area contributed by atoms with Crippen molar-refractivity contribution < 1.29 is 14.3 Å². The Morgan fingerprint density at radius 3 is 2.84 bits per heavy atom. The SMILES string of the molecule is O=C(CN1CCOC1=O)N[C@H]1CCCN(CCCc2ccccc2)C1. The molecular weight excluding hydrogens is 318 g/mol. The van der Waals surface area contributed by atoms with Gasteiger partial charge in [-0.15, -0.1) is 0 Å². The molecule has 0 saturated carbocycles. The van der Waals surface area contributed by atoms with Gasteiger partial charge < -0.3 is 15.0 Å². The molecular formula is C19H27N3O3. The lowest BCUT2D eigenvalue weighted by Crippen LogP contribution is -2.50. The summed E-state index contributed by atoms with van der Waals surface area (Å²) in [7, 11) is 0. The van der Waals surface area contributed by atoms with Gasteiger partial charge in [0.25, 0.3) is 0 Å². The Balaban J connectivity index is 1.37. The second-order valence-corrected chi connectivity index (χ2v) is 6.83. The summed E-state index contributed by atoms with van der Waals surface area (Å²) in [5.41, 5.74) is 1.38. The first kappa shape index (κ1) is 17.7. The monoisotopic (exact) mass is 345 g/mol. The van der Waals surface area contributed by atoms with Gasteiger partial charge in [0.15, 0.2) is 0 Å². The van der Waals surface area contributed by atoms with Gasteiger partial charge in [0.1, 0.15) is 13.2 Å². The molecule has 2 heterocycles. The summed E-state index contributed by atoms with van der Waals surface area (Å²) in [6, 6.07) is 10.7. The third-order valence-electron chi connectivity index (χ3n) is 4.83. The van der Waals surface area contributed by atoms with E-state index in [1.54, 1.807) is 0 Å². The summed E-state index contributed by atoms with van der Waals surface area (Å²) in [4.78, 5) is 27.4. The van der Waals surface area contributed by atoms with Crippen molar-refractivity contribution in [2.45, 2.75) is 31.7 Å². The van der Waals surface area contributed by atoms with Crippen LogP contribution in [0.1, 0.15) is 24.8 Å². The van der Waals surface area contributed by atoms with Crippen LogP contribution in [0, 0.1) is 0 Å². The standard InChI is InChI=1S/C19H27N3O3/c23-18(15-22-12-13-25-19(22)24)20-17-9-5-11-21(14-17)10-4-8-16-6-2-1-3-7-16/h1-3,6-7,17H,4-5,8-15H2,(H,20,23)/t17-/m0/s1. The van der Waals surface area contributed by atoms with E-state index in [1.165, 1.54) is 10.5 Å². The highest BCUT2D eigenvalue weighted by atomic mass is 16.6. The molecule has 25 heavy (non-hydrogen) atoms. The molecule has 1 N–H and O–H groups in total. The Kier molecular flexibility index (Phi) is 6.28. The van der Waals surface area contributed by atoms with E-state index in [9.17, 15) is 9.59 Å². The van der Waals surface area contributed by atoms with Crippen molar-refractivity contribution in [2.75, 3.05) is 39.3 Å². The quantitative estimate of drug-likeness (QED) is 0.816. The Labute approximate surface area is 149 Å². The van der Waals surface area contributed by atoms with Crippen LogP contribution in [0.15, 0.2) is 30.3 Å². The fourth-order valence-electron chi connectivity index (χ4n) is 3.54. The van der Waals surface area contributed by atoms with E-state index in [0.717, 1.165) is 45.3 Å². The van der Waals surface area contributed by atoms with Crippen LogP contribution in [-0.4, -0.2) is 67.2 Å². The first-order valence-electron chi connectivity index (χ1n) is 9.18. The van der Waals surface area contributed by atoms with Crippen molar-refractivity contribution in [1.29, 1.82) is 0 Å². The molecule has 2 amide bonds. The molecule has 0 unspecified atom stereocenters. The summed E-state index contributed by atoms with van der Waals surface area (Å²) >= 11 is 0. The molecule has 1 atom stereocenters. The average Bonchev–Trinajstić information content (AvgIpc) is 3.01. The van der Waals surface area contributed by atoms with Crippen LogP contribution in [0.3, 0.4) is 0 Å². The number of cyclic esters (lactones) is 1. The molecule has 2 aliphatic heterocycles. The lowest BCUT2D eigenvalue weighted by Gasteiger charge is -2.33. The van der Waals surface area contributed by atoms with Crippen LogP contribution < -0.4 is 5.32 Å². The molecule has 1 aromatic rings. The van der Waals surface area contributed by atoms with Crippen LogP contribution in [0.25, 0.3) is 0 Å². The van der Waals surface area contributed by atoms with E-state index >= 15 is 0 Å². The normalized spacial score (nSPS) is 21.2. The molecule has 0 spiro atoms. The van der Waals surface area contributed by atoms with Crippen LogP contribution in [0.4, 0.5) is 4.79 Å². The number of carbonyl (C=O) groups excluding carboxylic acids is 2. The predicted octanol–water partition coefficient (Wildman–Crippen LogP) is 1.65. The summed E-state index contributed by atoms with van der Waals surface area (Å²) in [6.07, 6.45) is 3.93. The fraction of sp³-hybridized carbons (Fsp3) is 0.579. The summed E-state index contributed by atoms with van der Waals surface area (Å²) < 4.78 is 4.85. The Hall–Kier alpha value is -2.08. The number of hydrogen-bond donors (Lipinski definition) is 1. The smallest absolute Gasteiger partial charge is 0.410 e. The summed E-state index contributed by atoms with van der Waals surface area (Å²) in [5, 5.41) is 3.07.